The number of methoxy groups -OCH3 is 1. The molecule has 2 heterocycles. The van der Waals surface area contributed by atoms with Crippen molar-refractivity contribution < 1.29 is 14.3 Å². The lowest BCUT2D eigenvalue weighted by Crippen LogP contribution is -2.29. The second-order valence-electron chi connectivity index (χ2n) is 4.88. The van der Waals surface area contributed by atoms with Gasteiger partial charge in [-0.25, -0.2) is 0 Å². The van der Waals surface area contributed by atoms with Crippen molar-refractivity contribution in [2.75, 3.05) is 14.2 Å². The lowest BCUT2D eigenvalue weighted by molar-refractivity contribution is -0.141. The highest BCUT2D eigenvalue weighted by atomic mass is 79.9. The summed E-state index contributed by atoms with van der Waals surface area (Å²) < 4.78 is 8.57. The largest absolute Gasteiger partial charge is 0.468 e. The average molecular weight is 491 g/mol. The van der Waals surface area contributed by atoms with Crippen LogP contribution < -0.4 is 16.4 Å². The molecule has 0 bridgehead atoms. The van der Waals surface area contributed by atoms with E-state index in [2.05, 4.69) is 41.9 Å². The SMILES string of the molecule is CNC(=O)Cn1cc(Br)ccc1=O.COC(=O)Cn1cc(Br)ccc1=O. The van der Waals surface area contributed by atoms with Gasteiger partial charge in [0.1, 0.15) is 13.1 Å². The van der Waals surface area contributed by atoms with Crippen LogP contribution in [0.3, 0.4) is 0 Å². The summed E-state index contributed by atoms with van der Waals surface area (Å²) in [6, 6.07) is 6.05. The van der Waals surface area contributed by atoms with Gasteiger partial charge < -0.3 is 19.2 Å². The molecule has 0 fully saturated rings. The van der Waals surface area contributed by atoms with Gasteiger partial charge in [-0.15, -0.1) is 0 Å². The van der Waals surface area contributed by atoms with Gasteiger partial charge in [-0.3, -0.25) is 19.2 Å². The van der Waals surface area contributed by atoms with Crippen molar-refractivity contribution in [1.29, 1.82) is 0 Å². The Morgan fingerprint density at radius 3 is 1.85 bits per heavy atom. The quantitative estimate of drug-likeness (QED) is 0.648. The predicted octanol–water partition coefficient (Wildman–Crippen LogP) is 1.14. The fourth-order valence-corrected chi connectivity index (χ4v) is 2.45. The summed E-state index contributed by atoms with van der Waals surface area (Å²) >= 11 is 6.41. The molecule has 0 aromatic carbocycles. The van der Waals surface area contributed by atoms with Gasteiger partial charge in [0, 0.05) is 40.5 Å². The average Bonchev–Trinajstić information content (AvgIpc) is 2.61. The van der Waals surface area contributed by atoms with E-state index in [9.17, 15) is 19.2 Å². The lowest BCUT2D eigenvalue weighted by atomic mass is 10.4. The van der Waals surface area contributed by atoms with Crippen molar-refractivity contribution in [3.8, 4) is 0 Å². The van der Waals surface area contributed by atoms with Crippen molar-refractivity contribution in [2.24, 2.45) is 0 Å². The summed E-state index contributed by atoms with van der Waals surface area (Å²) in [5.74, 6) is -0.639. The molecule has 0 aliphatic carbocycles. The maximum Gasteiger partial charge on any atom is 0.325 e. The molecule has 1 N–H and O–H groups in total. The summed E-state index contributed by atoms with van der Waals surface area (Å²) in [7, 11) is 2.82. The zero-order chi connectivity index (χ0) is 19.7. The van der Waals surface area contributed by atoms with Gasteiger partial charge >= 0.3 is 5.97 Å². The smallest absolute Gasteiger partial charge is 0.325 e. The third-order valence-corrected chi connectivity index (χ3v) is 3.95. The standard InChI is InChI=1S/C8H9BrN2O2.C8H8BrNO3/c1-10-7(12)5-11-4-6(9)2-3-8(11)13;1-13-8(12)5-10-4-6(9)2-3-7(10)11/h2-4H,5H2,1H3,(H,10,12);2-4H,5H2,1H3. The van der Waals surface area contributed by atoms with Crippen LogP contribution in [-0.2, 0) is 27.4 Å². The molecule has 0 saturated carbocycles. The number of halogens is 2. The highest BCUT2D eigenvalue weighted by Crippen LogP contribution is 2.05. The summed E-state index contributed by atoms with van der Waals surface area (Å²) in [6.07, 6.45) is 3.12. The van der Waals surface area contributed by atoms with Gasteiger partial charge in [0.2, 0.25) is 5.91 Å². The first-order valence-electron chi connectivity index (χ1n) is 7.26. The van der Waals surface area contributed by atoms with Crippen LogP contribution >= 0.6 is 31.9 Å². The molecule has 1 amide bonds. The minimum absolute atomic E-state index is 0.0504. The molecule has 0 atom stereocenters. The number of carbonyl (C=O) groups is 2. The molecule has 0 saturated heterocycles. The third-order valence-electron chi connectivity index (χ3n) is 3.01. The van der Waals surface area contributed by atoms with Gasteiger partial charge in [0.15, 0.2) is 0 Å². The number of hydrogen-bond donors (Lipinski definition) is 1. The van der Waals surface area contributed by atoms with Gasteiger partial charge in [-0.2, -0.15) is 0 Å². The molecule has 26 heavy (non-hydrogen) atoms. The number of likely N-dealkylation sites (N-methyl/N-ethyl adjacent to an activating group) is 1. The highest BCUT2D eigenvalue weighted by Gasteiger charge is 2.03. The van der Waals surface area contributed by atoms with E-state index in [1.165, 1.54) is 35.4 Å². The second-order valence-corrected chi connectivity index (χ2v) is 6.71. The molecule has 8 nitrogen and oxygen atoms in total. The maximum atomic E-state index is 11.2. The van der Waals surface area contributed by atoms with Gasteiger partial charge in [0.25, 0.3) is 11.1 Å². The van der Waals surface area contributed by atoms with Crippen molar-refractivity contribution in [1.82, 2.24) is 14.5 Å². The van der Waals surface area contributed by atoms with Crippen molar-refractivity contribution >= 4 is 43.7 Å². The number of ether oxygens (including phenoxy) is 1. The third kappa shape index (κ3) is 7.36. The Balaban J connectivity index is 0.000000260. The molecule has 140 valence electrons. The maximum absolute atomic E-state index is 11.2. The number of nitrogens with zero attached hydrogens (tertiary/aromatic N) is 2. The molecule has 2 rings (SSSR count). The highest BCUT2D eigenvalue weighted by molar-refractivity contribution is 9.10. The van der Waals surface area contributed by atoms with Crippen LogP contribution in [0.5, 0.6) is 0 Å². The molecule has 0 aliphatic rings. The van der Waals surface area contributed by atoms with E-state index in [0.717, 1.165) is 8.95 Å². The molecule has 0 unspecified atom stereocenters. The van der Waals surface area contributed by atoms with Crippen LogP contribution in [-0.4, -0.2) is 35.2 Å². The Kier molecular flexibility index (Phi) is 9.00. The van der Waals surface area contributed by atoms with E-state index >= 15 is 0 Å². The van der Waals surface area contributed by atoms with Gasteiger partial charge in [0.05, 0.1) is 7.11 Å². The number of pyridine rings is 2. The van der Waals surface area contributed by atoms with E-state index < -0.39 is 5.97 Å². The number of esters is 1. The summed E-state index contributed by atoms with van der Waals surface area (Å²) in [5.41, 5.74) is -0.416. The van der Waals surface area contributed by atoms with Crippen LogP contribution in [0.1, 0.15) is 0 Å². The van der Waals surface area contributed by atoms with Crippen molar-refractivity contribution in [3.05, 3.63) is 66.3 Å². The van der Waals surface area contributed by atoms with Crippen LogP contribution in [0.15, 0.2) is 55.2 Å². The molecule has 0 radical (unpaired) electrons. The number of amides is 1. The number of nitrogens with one attached hydrogen (secondary N) is 1. The van der Waals surface area contributed by atoms with Crippen LogP contribution in [0.2, 0.25) is 0 Å². The van der Waals surface area contributed by atoms with E-state index in [0.29, 0.717) is 0 Å². The number of hydrogen-bond acceptors (Lipinski definition) is 5. The number of carbonyl (C=O) groups excluding carboxylic acids is 2. The summed E-state index contributed by atoms with van der Waals surface area (Å²) in [4.78, 5) is 44.1. The van der Waals surface area contributed by atoms with E-state index in [4.69, 9.17) is 0 Å². The Hall–Kier alpha value is -2.20. The minimum Gasteiger partial charge on any atom is -0.468 e. The first-order chi connectivity index (χ1) is 12.3. The fraction of sp³-hybridized carbons (Fsp3) is 0.250. The lowest BCUT2D eigenvalue weighted by Gasteiger charge is -2.03. The summed E-state index contributed by atoms with van der Waals surface area (Å²) in [5, 5.41) is 2.45. The normalized spacial score (nSPS) is 9.69. The minimum atomic E-state index is -0.444. The molecular formula is C16H17Br2N3O5. The Morgan fingerprint density at radius 2 is 1.42 bits per heavy atom. The van der Waals surface area contributed by atoms with Crippen LogP contribution in [0.4, 0.5) is 0 Å². The Morgan fingerprint density at radius 1 is 0.962 bits per heavy atom. The van der Waals surface area contributed by atoms with Crippen molar-refractivity contribution in [2.45, 2.75) is 13.1 Å². The Bertz CT molecular complexity index is 818. The number of aromatic nitrogens is 2. The molecule has 0 spiro atoms. The van der Waals surface area contributed by atoms with Crippen LogP contribution in [0.25, 0.3) is 0 Å². The monoisotopic (exact) mass is 489 g/mol. The zero-order valence-corrected chi connectivity index (χ0v) is 17.2. The Labute approximate surface area is 166 Å². The molecule has 2 aromatic heterocycles. The van der Waals surface area contributed by atoms with E-state index in [1.807, 2.05) is 0 Å². The molecular weight excluding hydrogens is 474 g/mol. The number of rotatable bonds is 4. The molecule has 10 heteroatoms. The topological polar surface area (TPSA) is 99.4 Å². The van der Waals surface area contributed by atoms with Gasteiger partial charge in [-0.05, 0) is 44.0 Å². The fourth-order valence-electron chi connectivity index (χ4n) is 1.69. The first kappa shape index (κ1) is 21.8. The molecule has 0 aliphatic heterocycles. The van der Waals surface area contributed by atoms with Crippen molar-refractivity contribution in [3.63, 3.8) is 0 Å². The van der Waals surface area contributed by atoms with E-state index in [-0.39, 0.29) is 30.1 Å². The first-order valence-corrected chi connectivity index (χ1v) is 8.84. The zero-order valence-electron chi connectivity index (χ0n) is 14.1. The summed E-state index contributed by atoms with van der Waals surface area (Å²) in [6.45, 7) is -0.0104. The predicted molar refractivity (Wildman–Crippen MR) is 103 cm³/mol. The molecule has 2 aromatic rings. The van der Waals surface area contributed by atoms with Crippen LogP contribution in [0, 0.1) is 0 Å². The van der Waals surface area contributed by atoms with E-state index in [1.54, 1.807) is 24.5 Å². The second kappa shape index (κ2) is 10.7. The van der Waals surface area contributed by atoms with Gasteiger partial charge in [-0.1, -0.05) is 0 Å².